The van der Waals surface area contributed by atoms with Gasteiger partial charge in [0.15, 0.2) is 0 Å². The van der Waals surface area contributed by atoms with E-state index in [0.717, 1.165) is 11.1 Å². The number of carboxylic acid groups (broad SMARTS) is 2. The van der Waals surface area contributed by atoms with Crippen molar-refractivity contribution < 1.29 is 24.6 Å². The minimum atomic E-state index is -1.70. The summed E-state index contributed by atoms with van der Waals surface area (Å²) in [5.41, 5.74) is 2.02. The van der Waals surface area contributed by atoms with Crippen LogP contribution in [0.15, 0.2) is 84.9 Å². The first-order chi connectivity index (χ1) is 19.7. The number of carboxylic acids is 2. The largest absolute Gasteiger partial charge is 0.481 e. The summed E-state index contributed by atoms with van der Waals surface area (Å²) in [6.45, 7) is 0.844. The molecule has 2 atom stereocenters. The van der Waals surface area contributed by atoms with Crippen molar-refractivity contribution in [1.29, 1.82) is 0 Å². The fourth-order valence-electron chi connectivity index (χ4n) is 4.54. The number of rotatable bonds is 16. The van der Waals surface area contributed by atoms with Gasteiger partial charge in [-0.05, 0) is 35.7 Å². The summed E-state index contributed by atoms with van der Waals surface area (Å²) in [6, 6.07) is 23.7. The average molecular weight is 621 g/mol. The molecular formula is C30H32Cl3N3O5. The fourth-order valence-corrected chi connectivity index (χ4v) is 5.12. The van der Waals surface area contributed by atoms with E-state index in [0.29, 0.717) is 10.7 Å². The monoisotopic (exact) mass is 619 g/mol. The van der Waals surface area contributed by atoms with Crippen molar-refractivity contribution in [2.45, 2.75) is 25.6 Å². The summed E-state index contributed by atoms with van der Waals surface area (Å²) in [6.07, 6.45) is -0.476. The number of carbonyl (C=O) groups excluding carboxylic acids is 1. The second kappa shape index (κ2) is 16.3. The van der Waals surface area contributed by atoms with Gasteiger partial charge >= 0.3 is 11.9 Å². The lowest BCUT2D eigenvalue weighted by atomic mass is 9.96. The van der Waals surface area contributed by atoms with Crippen molar-refractivity contribution in [2.75, 3.05) is 29.9 Å². The van der Waals surface area contributed by atoms with Gasteiger partial charge in [-0.2, -0.15) is 0 Å². The van der Waals surface area contributed by atoms with Gasteiger partial charge in [0.25, 0.3) is 5.91 Å². The van der Waals surface area contributed by atoms with E-state index in [4.69, 9.17) is 34.8 Å². The highest BCUT2D eigenvalue weighted by atomic mass is 35.5. The van der Waals surface area contributed by atoms with Crippen molar-refractivity contribution >= 4 is 58.3 Å². The van der Waals surface area contributed by atoms with Gasteiger partial charge < -0.3 is 10.2 Å². The number of hydrogen-bond acceptors (Lipinski definition) is 5. The summed E-state index contributed by atoms with van der Waals surface area (Å²) in [7, 11) is 0. The molecule has 0 aliphatic heterocycles. The maximum absolute atomic E-state index is 14.0. The van der Waals surface area contributed by atoms with E-state index in [9.17, 15) is 24.6 Å². The van der Waals surface area contributed by atoms with Gasteiger partial charge in [-0.1, -0.05) is 78.3 Å². The zero-order chi connectivity index (χ0) is 29.8. The highest BCUT2D eigenvalue weighted by molar-refractivity contribution is 6.31. The molecule has 0 heterocycles. The van der Waals surface area contributed by atoms with Crippen molar-refractivity contribution in [1.82, 2.24) is 9.91 Å². The molecule has 0 saturated carbocycles. The SMILES string of the molecule is O=C(O)C(C[C@@H](C(=O)O)N(Cc1ccccc1)Cc1ccccc1)C(=O)N(c1cccc(Cl)c1)N(CCCl)CCCl. The van der Waals surface area contributed by atoms with Crippen LogP contribution in [-0.2, 0) is 27.5 Å². The second-order valence-electron chi connectivity index (χ2n) is 9.32. The number of benzene rings is 3. The molecular weight excluding hydrogens is 589 g/mol. The molecule has 0 bridgehead atoms. The maximum Gasteiger partial charge on any atom is 0.320 e. The molecule has 1 unspecified atom stereocenters. The summed E-state index contributed by atoms with van der Waals surface area (Å²) < 4.78 is 0. The molecule has 3 rings (SSSR count). The van der Waals surface area contributed by atoms with Gasteiger partial charge in [-0.15, -0.1) is 23.2 Å². The molecule has 2 N–H and O–H groups in total. The molecule has 8 nitrogen and oxygen atoms in total. The van der Waals surface area contributed by atoms with Crippen molar-refractivity contribution in [2.24, 2.45) is 5.92 Å². The quantitative estimate of drug-likeness (QED) is 0.122. The van der Waals surface area contributed by atoms with Gasteiger partial charge in [0.2, 0.25) is 0 Å². The van der Waals surface area contributed by atoms with E-state index >= 15 is 0 Å². The highest BCUT2D eigenvalue weighted by Crippen LogP contribution is 2.27. The zero-order valence-electron chi connectivity index (χ0n) is 22.3. The molecule has 0 spiro atoms. The topological polar surface area (TPSA) is 101 Å². The van der Waals surface area contributed by atoms with Crippen LogP contribution in [-0.4, -0.2) is 68.9 Å². The first kappa shape index (κ1) is 32.4. The van der Waals surface area contributed by atoms with Crippen LogP contribution < -0.4 is 5.01 Å². The van der Waals surface area contributed by atoms with Crippen LogP contribution >= 0.6 is 34.8 Å². The molecule has 11 heteroatoms. The summed E-state index contributed by atoms with van der Waals surface area (Å²) in [5, 5.41) is 23.7. The van der Waals surface area contributed by atoms with Crippen LogP contribution in [0.4, 0.5) is 5.69 Å². The maximum atomic E-state index is 14.0. The second-order valence-corrected chi connectivity index (χ2v) is 10.5. The predicted octanol–water partition coefficient (Wildman–Crippen LogP) is 5.61. The van der Waals surface area contributed by atoms with Crippen LogP contribution in [0.2, 0.25) is 5.02 Å². The van der Waals surface area contributed by atoms with E-state index in [1.54, 1.807) is 28.1 Å². The Morgan fingerprint density at radius 2 is 1.27 bits per heavy atom. The number of anilines is 1. The number of amides is 1. The van der Waals surface area contributed by atoms with E-state index in [2.05, 4.69) is 0 Å². The van der Waals surface area contributed by atoms with Gasteiger partial charge in [-0.3, -0.25) is 19.3 Å². The molecule has 218 valence electrons. The Hall–Kier alpha value is -3.14. The van der Waals surface area contributed by atoms with Crippen molar-refractivity contribution in [3.8, 4) is 0 Å². The Morgan fingerprint density at radius 1 is 0.732 bits per heavy atom. The molecule has 0 aliphatic rings. The van der Waals surface area contributed by atoms with Crippen molar-refractivity contribution in [3.63, 3.8) is 0 Å². The summed E-state index contributed by atoms with van der Waals surface area (Å²) >= 11 is 18.2. The van der Waals surface area contributed by atoms with Crippen LogP contribution in [0.5, 0.6) is 0 Å². The Balaban J connectivity index is 2.02. The van der Waals surface area contributed by atoms with Crippen LogP contribution in [0, 0.1) is 5.92 Å². The number of alkyl halides is 2. The summed E-state index contributed by atoms with van der Waals surface area (Å²) in [4.78, 5) is 41.1. The number of nitrogens with zero attached hydrogens (tertiary/aromatic N) is 3. The third-order valence-electron chi connectivity index (χ3n) is 6.47. The average Bonchev–Trinajstić information content (AvgIpc) is 2.94. The Morgan fingerprint density at radius 3 is 1.71 bits per heavy atom. The minimum absolute atomic E-state index is 0.138. The Bertz CT molecular complexity index is 1240. The minimum Gasteiger partial charge on any atom is -0.481 e. The van der Waals surface area contributed by atoms with Gasteiger partial charge in [0.05, 0.1) is 5.69 Å². The number of hydrogen-bond donors (Lipinski definition) is 2. The molecule has 3 aromatic carbocycles. The molecule has 0 saturated heterocycles. The number of hydrazine groups is 1. The lowest BCUT2D eigenvalue weighted by Crippen LogP contribution is -2.53. The highest BCUT2D eigenvalue weighted by Gasteiger charge is 2.40. The lowest BCUT2D eigenvalue weighted by molar-refractivity contribution is -0.150. The van der Waals surface area contributed by atoms with Crippen LogP contribution in [0.1, 0.15) is 17.5 Å². The normalized spacial score (nSPS) is 12.7. The van der Waals surface area contributed by atoms with Crippen molar-refractivity contribution in [3.05, 3.63) is 101 Å². The van der Waals surface area contributed by atoms with Gasteiger partial charge in [0.1, 0.15) is 12.0 Å². The molecule has 0 fully saturated rings. The Kier molecular flexibility index (Phi) is 12.9. The molecule has 0 aromatic heterocycles. The van der Waals surface area contributed by atoms with Crippen LogP contribution in [0.25, 0.3) is 0 Å². The van der Waals surface area contributed by atoms with E-state index in [1.165, 1.54) is 11.1 Å². The fraction of sp³-hybridized carbons (Fsp3) is 0.300. The first-order valence-corrected chi connectivity index (χ1v) is 14.4. The Labute approximate surface area is 254 Å². The first-order valence-electron chi connectivity index (χ1n) is 13.0. The predicted molar refractivity (Wildman–Crippen MR) is 161 cm³/mol. The van der Waals surface area contributed by atoms with E-state index in [-0.39, 0.29) is 37.9 Å². The molecule has 0 radical (unpaired) electrons. The van der Waals surface area contributed by atoms with E-state index < -0.39 is 36.2 Å². The standard InChI is InChI=1S/C30H32Cl3N3O5/c31-14-16-35(17-15-32)36(25-13-7-12-24(33)18-25)28(37)26(29(38)39)19-27(30(40)41)34(20-22-8-3-1-4-9-22)21-23-10-5-2-6-11-23/h1-13,18,26-27H,14-17,19-21H2,(H,38,39)(H,40,41)/t26?,27-/m0/s1. The number of halogens is 3. The molecule has 41 heavy (non-hydrogen) atoms. The number of carbonyl (C=O) groups is 3. The van der Waals surface area contributed by atoms with Gasteiger partial charge in [-0.25, -0.2) is 10.0 Å². The van der Waals surface area contributed by atoms with E-state index in [1.807, 2.05) is 60.7 Å². The van der Waals surface area contributed by atoms with Crippen LogP contribution in [0.3, 0.4) is 0 Å². The molecule has 1 amide bonds. The van der Waals surface area contributed by atoms with Gasteiger partial charge in [0, 0.05) is 43.0 Å². The lowest BCUT2D eigenvalue weighted by Gasteiger charge is -2.37. The summed E-state index contributed by atoms with van der Waals surface area (Å²) in [5.74, 6) is -4.91. The third kappa shape index (κ3) is 9.45. The number of aliphatic carboxylic acids is 2. The third-order valence-corrected chi connectivity index (χ3v) is 7.04. The molecule has 0 aliphatic carbocycles. The smallest absolute Gasteiger partial charge is 0.320 e. The zero-order valence-corrected chi connectivity index (χ0v) is 24.5. The molecule has 3 aromatic rings.